The topological polar surface area (TPSA) is 52.7 Å². The second kappa shape index (κ2) is 6.69. The molecular formula is C12H20ClN3O. The first-order valence-electron chi connectivity index (χ1n) is 5.76. The number of phenols is 1. The molecular weight excluding hydrogens is 238 g/mol. The van der Waals surface area contributed by atoms with E-state index in [9.17, 15) is 5.11 Å². The third-order valence-electron chi connectivity index (χ3n) is 3.03. The molecule has 1 heterocycles. The Balaban J connectivity index is 0.00000144. The lowest BCUT2D eigenvalue weighted by Gasteiger charge is -2.35. The summed E-state index contributed by atoms with van der Waals surface area (Å²) in [5.74, 6) is 0.325. The molecule has 0 atom stereocenters. The molecule has 17 heavy (non-hydrogen) atoms. The number of anilines is 1. The summed E-state index contributed by atoms with van der Waals surface area (Å²) in [6.07, 6.45) is 0. The van der Waals surface area contributed by atoms with Gasteiger partial charge in [-0.25, -0.2) is 0 Å². The van der Waals surface area contributed by atoms with Crippen LogP contribution in [0.4, 0.5) is 5.69 Å². The maximum Gasteiger partial charge on any atom is 0.115 e. The van der Waals surface area contributed by atoms with E-state index in [-0.39, 0.29) is 12.4 Å². The zero-order chi connectivity index (χ0) is 11.4. The molecule has 1 saturated heterocycles. The van der Waals surface area contributed by atoms with Crippen molar-refractivity contribution in [1.82, 2.24) is 4.90 Å². The molecule has 0 aliphatic carbocycles. The second-order valence-electron chi connectivity index (χ2n) is 4.13. The van der Waals surface area contributed by atoms with Crippen LogP contribution < -0.4 is 10.6 Å². The number of aromatic hydroxyl groups is 1. The van der Waals surface area contributed by atoms with E-state index in [1.807, 2.05) is 12.1 Å². The molecule has 1 aliphatic rings. The van der Waals surface area contributed by atoms with Gasteiger partial charge in [0, 0.05) is 45.0 Å². The molecule has 0 radical (unpaired) electrons. The Kier molecular flexibility index (Phi) is 5.55. The van der Waals surface area contributed by atoms with Crippen LogP contribution in [0, 0.1) is 0 Å². The highest BCUT2D eigenvalue weighted by molar-refractivity contribution is 5.85. The van der Waals surface area contributed by atoms with Gasteiger partial charge < -0.3 is 15.7 Å². The fourth-order valence-corrected chi connectivity index (χ4v) is 2.08. The smallest absolute Gasteiger partial charge is 0.115 e. The van der Waals surface area contributed by atoms with E-state index in [1.54, 1.807) is 12.1 Å². The van der Waals surface area contributed by atoms with Gasteiger partial charge in [-0.2, -0.15) is 0 Å². The van der Waals surface area contributed by atoms with Crippen molar-refractivity contribution in [2.75, 3.05) is 44.2 Å². The summed E-state index contributed by atoms with van der Waals surface area (Å²) in [7, 11) is 0. The molecule has 0 saturated carbocycles. The van der Waals surface area contributed by atoms with Crippen LogP contribution in [0.25, 0.3) is 0 Å². The number of piperazine rings is 1. The van der Waals surface area contributed by atoms with Crippen molar-refractivity contribution < 1.29 is 5.11 Å². The summed E-state index contributed by atoms with van der Waals surface area (Å²) in [4.78, 5) is 4.73. The van der Waals surface area contributed by atoms with Gasteiger partial charge in [0.25, 0.3) is 0 Å². The molecule has 0 aromatic heterocycles. The van der Waals surface area contributed by atoms with Crippen molar-refractivity contribution in [2.45, 2.75) is 0 Å². The molecule has 4 nitrogen and oxygen atoms in total. The van der Waals surface area contributed by atoms with Gasteiger partial charge >= 0.3 is 0 Å². The highest BCUT2D eigenvalue weighted by Gasteiger charge is 2.16. The van der Waals surface area contributed by atoms with Crippen LogP contribution in [0.15, 0.2) is 24.3 Å². The first-order chi connectivity index (χ1) is 7.79. The first-order valence-corrected chi connectivity index (χ1v) is 5.76. The maximum atomic E-state index is 9.23. The Hall–Kier alpha value is -0.970. The SMILES string of the molecule is Cl.NCCN1CCN(c2ccc(O)cc2)CC1. The van der Waals surface area contributed by atoms with Crippen molar-refractivity contribution >= 4 is 18.1 Å². The summed E-state index contributed by atoms with van der Waals surface area (Å²) < 4.78 is 0. The predicted octanol–water partition coefficient (Wildman–Crippen LogP) is 0.895. The molecule has 1 aromatic rings. The Morgan fingerprint density at radius 2 is 1.65 bits per heavy atom. The van der Waals surface area contributed by atoms with E-state index >= 15 is 0 Å². The van der Waals surface area contributed by atoms with Gasteiger partial charge in [-0.3, -0.25) is 4.90 Å². The molecule has 96 valence electrons. The number of nitrogens with two attached hydrogens (primary N) is 1. The van der Waals surface area contributed by atoms with Crippen LogP contribution in [0.2, 0.25) is 0 Å². The average Bonchev–Trinajstić information content (AvgIpc) is 2.32. The summed E-state index contributed by atoms with van der Waals surface area (Å²) in [6, 6.07) is 7.41. The van der Waals surface area contributed by atoms with Gasteiger partial charge in [0.05, 0.1) is 0 Å². The largest absolute Gasteiger partial charge is 0.508 e. The van der Waals surface area contributed by atoms with Crippen LogP contribution >= 0.6 is 12.4 Å². The lowest BCUT2D eigenvalue weighted by molar-refractivity contribution is 0.265. The van der Waals surface area contributed by atoms with Gasteiger partial charge in [-0.1, -0.05) is 0 Å². The van der Waals surface area contributed by atoms with Gasteiger partial charge in [0.15, 0.2) is 0 Å². The summed E-state index contributed by atoms with van der Waals surface area (Å²) in [5, 5.41) is 9.23. The summed E-state index contributed by atoms with van der Waals surface area (Å²) in [5.41, 5.74) is 6.72. The number of nitrogens with zero attached hydrogens (tertiary/aromatic N) is 2. The Morgan fingerprint density at radius 3 is 2.18 bits per heavy atom. The maximum absolute atomic E-state index is 9.23. The third kappa shape index (κ3) is 3.77. The zero-order valence-electron chi connectivity index (χ0n) is 9.88. The van der Waals surface area contributed by atoms with Gasteiger partial charge in [0.2, 0.25) is 0 Å². The second-order valence-corrected chi connectivity index (χ2v) is 4.13. The minimum Gasteiger partial charge on any atom is -0.508 e. The monoisotopic (exact) mass is 257 g/mol. The molecule has 1 fully saturated rings. The number of phenolic OH excluding ortho intramolecular Hbond substituents is 1. The van der Waals surface area contributed by atoms with Crippen molar-refractivity contribution in [1.29, 1.82) is 0 Å². The molecule has 1 aromatic carbocycles. The third-order valence-corrected chi connectivity index (χ3v) is 3.03. The number of rotatable bonds is 3. The molecule has 3 N–H and O–H groups in total. The van der Waals surface area contributed by atoms with E-state index < -0.39 is 0 Å². The van der Waals surface area contributed by atoms with E-state index in [4.69, 9.17) is 5.73 Å². The number of hydrogen-bond donors (Lipinski definition) is 2. The highest BCUT2D eigenvalue weighted by atomic mass is 35.5. The van der Waals surface area contributed by atoms with E-state index in [0.717, 1.165) is 39.3 Å². The van der Waals surface area contributed by atoms with Crippen molar-refractivity contribution in [3.8, 4) is 5.75 Å². The number of hydrogen-bond acceptors (Lipinski definition) is 4. The molecule has 2 rings (SSSR count). The first kappa shape index (κ1) is 14.1. The lowest BCUT2D eigenvalue weighted by Crippen LogP contribution is -2.47. The number of halogens is 1. The van der Waals surface area contributed by atoms with Crippen molar-refractivity contribution in [3.63, 3.8) is 0 Å². The van der Waals surface area contributed by atoms with Crippen molar-refractivity contribution in [3.05, 3.63) is 24.3 Å². The van der Waals surface area contributed by atoms with Crippen LogP contribution in [-0.2, 0) is 0 Å². The molecule has 0 bridgehead atoms. The quantitative estimate of drug-likeness (QED) is 0.845. The van der Waals surface area contributed by atoms with Crippen LogP contribution in [-0.4, -0.2) is 49.3 Å². The zero-order valence-corrected chi connectivity index (χ0v) is 10.7. The van der Waals surface area contributed by atoms with Gasteiger partial charge in [-0.15, -0.1) is 12.4 Å². The summed E-state index contributed by atoms with van der Waals surface area (Å²) >= 11 is 0. The minimum absolute atomic E-state index is 0. The van der Waals surface area contributed by atoms with E-state index in [0.29, 0.717) is 5.75 Å². The fourth-order valence-electron chi connectivity index (χ4n) is 2.08. The van der Waals surface area contributed by atoms with Crippen LogP contribution in [0.5, 0.6) is 5.75 Å². The minimum atomic E-state index is 0. The van der Waals surface area contributed by atoms with Crippen LogP contribution in [0.1, 0.15) is 0 Å². The van der Waals surface area contributed by atoms with E-state index in [2.05, 4.69) is 9.80 Å². The molecule has 0 spiro atoms. The molecule has 1 aliphatic heterocycles. The normalized spacial score (nSPS) is 16.6. The standard InChI is InChI=1S/C12H19N3O.ClH/c13-5-6-14-7-9-15(10-8-14)11-1-3-12(16)4-2-11;/h1-4,16H,5-10,13H2;1H. The van der Waals surface area contributed by atoms with Gasteiger partial charge in [0.1, 0.15) is 5.75 Å². The average molecular weight is 258 g/mol. The van der Waals surface area contributed by atoms with Crippen molar-refractivity contribution in [2.24, 2.45) is 5.73 Å². The highest BCUT2D eigenvalue weighted by Crippen LogP contribution is 2.19. The Labute approximate surface area is 108 Å². The van der Waals surface area contributed by atoms with Gasteiger partial charge in [-0.05, 0) is 24.3 Å². The predicted molar refractivity (Wildman–Crippen MR) is 73.1 cm³/mol. The molecule has 0 amide bonds. The lowest BCUT2D eigenvalue weighted by atomic mass is 10.2. The number of benzene rings is 1. The summed E-state index contributed by atoms with van der Waals surface area (Å²) in [6.45, 7) is 5.92. The van der Waals surface area contributed by atoms with E-state index in [1.165, 1.54) is 5.69 Å². The fraction of sp³-hybridized carbons (Fsp3) is 0.500. The molecule has 5 heteroatoms. The Bertz CT molecular complexity index is 323. The Morgan fingerprint density at radius 1 is 1.06 bits per heavy atom. The van der Waals surface area contributed by atoms with Crippen LogP contribution in [0.3, 0.4) is 0 Å². The molecule has 0 unspecified atom stereocenters.